The summed E-state index contributed by atoms with van der Waals surface area (Å²) >= 11 is 0. The molecule has 1 amide bonds. The Hall–Kier alpha value is -1.81. The summed E-state index contributed by atoms with van der Waals surface area (Å²) in [5.74, 6) is 0.151. The van der Waals surface area contributed by atoms with Gasteiger partial charge >= 0.3 is 0 Å². The average molecular weight is 270 g/mol. The van der Waals surface area contributed by atoms with Crippen LogP contribution in [0.2, 0.25) is 0 Å². The highest BCUT2D eigenvalue weighted by atomic mass is 16.5. The number of aryl methyl sites for hydroxylation is 1. The van der Waals surface area contributed by atoms with Gasteiger partial charge in [0.25, 0.3) is 5.91 Å². The first kappa shape index (κ1) is 12.0. The number of nitrogens with zero attached hydrogens (tertiary/aromatic N) is 2. The van der Waals surface area contributed by atoms with Gasteiger partial charge in [-0.25, -0.2) is 0 Å². The third kappa shape index (κ3) is 1.43. The molecule has 1 aromatic heterocycles. The van der Waals surface area contributed by atoms with E-state index in [4.69, 9.17) is 4.74 Å². The fraction of sp³-hybridized carbons (Fsp3) is 0.438. The normalized spacial score (nSPS) is 19.9. The number of para-hydroxylation sites is 1. The number of likely N-dealkylation sites (tertiary alicyclic amines) is 1. The topological polar surface area (TPSA) is 34.5 Å². The lowest BCUT2D eigenvalue weighted by Crippen LogP contribution is -2.72. The number of hydrogen-bond donors (Lipinski definition) is 0. The average Bonchev–Trinajstić information content (AvgIpc) is 2.74. The molecule has 2 saturated heterocycles. The van der Waals surface area contributed by atoms with Gasteiger partial charge < -0.3 is 14.2 Å². The van der Waals surface area contributed by atoms with Crippen molar-refractivity contribution in [1.29, 1.82) is 0 Å². The number of amides is 1. The van der Waals surface area contributed by atoms with Crippen molar-refractivity contribution in [1.82, 2.24) is 9.47 Å². The van der Waals surface area contributed by atoms with Gasteiger partial charge in [-0.05, 0) is 25.5 Å². The van der Waals surface area contributed by atoms with Crippen molar-refractivity contribution in [2.45, 2.75) is 25.4 Å². The molecular formula is C16H18N2O2. The minimum absolute atomic E-state index is 0.00606. The second-order valence-electron chi connectivity index (χ2n) is 5.76. The predicted molar refractivity (Wildman–Crippen MR) is 76.8 cm³/mol. The highest BCUT2D eigenvalue weighted by Gasteiger charge is 2.53. The molecule has 0 atom stereocenters. The Bertz CT molecular complexity index is 679. The van der Waals surface area contributed by atoms with Crippen molar-refractivity contribution in [3.05, 3.63) is 36.0 Å². The third-order valence-corrected chi connectivity index (χ3v) is 4.71. The Labute approximate surface area is 117 Å². The number of fused-ring (bicyclic) bond motifs is 1. The van der Waals surface area contributed by atoms with E-state index >= 15 is 0 Å². The molecule has 1 spiro atoms. The highest BCUT2D eigenvalue weighted by molar-refractivity contribution is 5.99. The zero-order valence-corrected chi connectivity index (χ0v) is 11.6. The summed E-state index contributed by atoms with van der Waals surface area (Å²) in [7, 11) is 0. The van der Waals surface area contributed by atoms with Crippen molar-refractivity contribution in [3.63, 3.8) is 0 Å². The summed E-state index contributed by atoms with van der Waals surface area (Å²) in [5, 5.41) is 1.14. The first-order valence-corrected chi connectivity index (χ1v) is 7.23. The maximum absolute atomic E-state index is 12.8. The first-order chi connectivity index (χ1) is 9.75. The maximum Gasteiger partial charge on any atom is 0.271 e. The molecule has 0 saturated carbocycles. The largest absolute Gasteiger partial charge is 0.376 e. The molecule has 4 rings (SSSR count). The van der Waals surface area contributed by atoms with Crippen LogP contribution in [0.1, 0.15) is 23.8 Å². The smallest absolute Gasteiger partial charge is 0.271 e. The van der Waals surface area contributed by atoms with Gasteiger partial charge in [0.2, 0.25) is 0 Å². The summed E-state index contributed by atoms with van der Waals surface area (Å²) in [6.45, 7) is 5.15. The lowest BCUT2D eigenvalue weighted by atomic mass is 9.82. The highest BCUT2D eigenvalue weighted by Crippen LogP contribution is 2.38. The molecule has 0 unspecified atom stereocenters. The Kier molecular flexibility index (Phi) is 2.45. The molecule has 0 aliphatic carbocycles. The van der Waals surface area contributed by atoms with Crippen molar-refractivity contribution in [2.75, 3.05) is 19.8 Å². The summed E-state index contributed by atoms with van der Waals surface area (Å²) < 4.78 is 7.43. The van der Waals surface area contributed by atoms with E-state index in [0.717, 1.165) is 36.1 Å². The van der Waals surface area contributed by atoms with E-state index in [1.54, 1.807) is 0 Å². The van der Waals surface area contributed by atoms with E-state index in [1.165, 1.54) is 0 Å². The summed E-state index contributed by atoms with van der Waals surface area (Å²) in [5.41, 5.74) is 1.95. The molecule has 2 aliphatic heterocycles. The van der Waals surface area contributed by atoms with E-state index in [0.29, 0.717) is 13.2 Å². The van der Waals surface area contributed by atoms with Crippen LogP contribution in [0, 0.1) is 0 Å². The van der Waals surface area contributed by atoms with Crippen molar-refractivity contribution >= 4 is 16.8 Å². The molecule has 3 heterocycles. The fourth-order valence-corrected chi connectivity index (χ4v) is 3.36. The van der Waals surface area contributed by atoms with Crippen LogP contribution in [-0.2, 0) is 11.3 Å². The number of carbonyl (C=O) groups is 1. The van der Waals surface area contributed by atoms with Gasteiger partial charge in [-0.15, -0.1) is 0 Å². The molecule has 4 heteroatoms. The Morgan fingerprint density at radius 3 is 2.75 bits per heavy atom. The van der Waals surface area contributed by atoms with Crippen LogP contribution < -0.4 is 0 Å². The van der Waals surface area contributed by atoms with E-state index in [-0.39, 0.29) is 11.4 Å². The van der Waals surface area contributed by atoms with Gasteiger partial charge in [-0.2, -0.15) is 0 Å². The molecule has 0 N–H and O–H groups in total. The van der Waals surface area contributed by atoms with Crippen LogP contribution in [0.5, 0.6) is 0 Å². The summed E-state index contributed by atoms with van der Waals surface area (Å²) in [6, 6.07) is 10.2. The van der Waals surface area contributed by atoms with Gasteiger partial charge in [0.1, 0.15) is 5.69 Å². The SMILES string of the molecule is CCn1c(C(=O)N2CCC23COC3)cc2ccccc21. The van der Waals surface area contributed by atoms with Gasteiger partial charge in [0.05, 0.1) is 18.8 Å². The molecule has 2 fully saturated rings. The predicted octanol–water partition coefficient (Wildman–Crippen LogP) is 2.28. The minimum Gasteiger partial charge on any atom is -0.376 e. The van der Waals surface area contributed by atoms with Gasteiger partial charge in [0.15, 0.2) is 0 Å². The Morgan fingerprint density at radius 1 is 1.35 bits per heavy atom. The number of ether oxygens (including phenoxy) is 1. The van der Waals surface area contributed by atoms with E-state index in [9.17, 15) is 4.79 Å². The molecular weight excluding hydrogens is 252 g/mol. The van der Waals surface area contributed by atoms with Gasteiger partial charge in [0, 0.05) is 24.0 Å². The minimum atomic E-state index is 0.00606. The van der Waals surface area contributed by atoms with E-state index in [2.05, 4.69) is 23.6 Å². The maximum atomic E-state index is 12.8. The number of carbonyl (C=O) groups excluding carboxylic acids is 1. The lowest BCUT2D eigenvalue weighted by Gasteiger charge is -2.57. The molecule has 2 aliphatic rings. The van der Waals surface area contributed by atoms with Crippen LogP contribution in [0.4, 0.5) is 0 Å². The summed E-state index contributed by atoms with van der Waals surface area (Å²) in [6.07, 6.45) is 1.07. The van der Waals surface area contributed by atoms with E-state index in [1.807, 2.05) is 23.1 Å². The van der Waals surface area contributed by atoms with Crippen LogP contribution >= 0.6 is 0 Å². The van der Waals surface area contributed by atoms with E-state index < -0.39 is 0 Å². The summed E-state index contributed by atoms with van der Waals surface area (Å²) in [4.78, 5) is 14.8. The molecule has 20 heavy (non-hydrogen) atoms. The van der Waals surface area contributed by atoms with Crippen molar-refractivity contribution < 1.29 is 9.53 Å². The molecule has 0 bridgehead atoms. The number of hydrogen-bond acceptors (Lipinski definition) is 2. The Balaban J connectivity index is 1.76. The quantitative estimate of drug-likeness (QED) is 0.839. The monoisotopic (exact) mass is 270 g/mol. The number of benzene rings is 1. The van der Waals surface area contributed by atoms with Gasteiger partial charge in [-0.3, -0.25) is 4.79 Å². The fourth-order valence-electron chi connectivity index (χ4n) is 3.36. The second-order valence-corrected chi connectivity index (χ2v) is 5.76. The van der Waals surface area contributed by atoms with Crippen LogP contribution in [0.15, 0.2) is 30.3 Å². The molecule has 104 valence electrons. The zero-order valence-electron chi connectivity index (χ0n) is 11.6. The van der Waals surface area contributed by atoms with Gasteiger partial charge in [-0.1, -0.05) is 18.2 Å². The van der Waals surface area contributed by atoms with Crippen LogP contribution in [-0.4, -0.2) is 40.7 Å². The number of rotatable bonds is 2. The standard InChI is InChI=1S/C16H18N2O2/c1-2-17-13-6-4-3-5-12(13)9-14(17)15(19)18-8-7-16(18)10-20-11-16/h3-6,9H,2,7-8,10-11H2,1H3. The second kappa shape index (κ2) is 4.09. The lowest BCUT2D eigenvalue weighted by molar-refractivity contribution is -0.172. The Morgan fingerprint density at radius 2 is 2.15 bits per heavy atom. The molecule has 0 radical (unpaired) electrons. The first-order valence-electron chi connectivity index (χ1n) is 7.23. The number of aromatic nitrogens is 1. The third-order valence-electron chi connectivity index (χ3n) is 4.71. The zero-order chi connectivity index (χ0) is 13.7. The molecule has 2 aromatic rings. The van der Waals surface area contributed by atoms with Crippen molar-refractivity contribution in [3.8, 4) is 0 Å². The van der Waals surface area contributed by atoms with Crippen LogP contribution in [0.3, 0.4) is 0 Å². The molecule has 4 nitrogen and oxygen atoms in total. The van der Waals surface area contributed by atoms with Crippen LogP contribution in [0.25, 0.3) is 10.9 Å². The van der Waals surface area contributed by atoms with Crippen molar-refractivity contribution in [2.24, 2.45) is 0 Å². The molecule has 1 aromatic carbocycles.